The van der Waals surface area contributed by atoms with Gasteiger partial charge in [-0.3, -0.25) is 0 Å². The highest BCUT2D eigenvalue weighted by Gasteiger charge is 2.22. The molecule has 0 fully saturated rings. The standard InChI is InChI=1S/C12H19Cl2N3O/c1-12(2,17(4)5)7-18-11-9(14)6-8(13)10(15-3)16-11/h6H,7H2,1-5H3,(H,15,16). The highest BCUT2D eigenvalue weighted by Crippen LogP contribution is 2.31. The van der Waals surface area contributed by atoms with E-state index in [4.69, 9.17) is 27.9 Å². The van der Waals surface area contributed by atoms with E-state index in [2.05, 4.69) is 29.0 Å². The van der Waals surface area contributed by atoms with Crippen molar-refractivity contribution in [2.45, 2.75) is 19.4 Å². The number of ether oxygens (including phenoxy) is 1. The molecular formula is C12H19Cl2N3O. The van der Waals surface area contributed by atoms with Crippen LogP contribution in [-0.2, 0) is 0 Å². The van der Waals surface area contributed by atoms with Crippen LogP contribution in [0, 0.1) is 0 Å². The number of halogens is 2. The summed E-state index contributed by atoms with van der Waals surface area (Å²) in [7, 11) is 5.74. The normalized spacial score (nSPS) is 11.8. The van der Waals surface area contributed by atoms with E-state index in [9.17, 15) is 0 Å². The Morgan fingerprint density at radius 1 is 1.33 bits per heavy atom. The minimum absolute atomic E-state index is 0.107. The number of nitrogens with one attached hydrogen (secondary N) is 1. The summed E-state index contributed by atoms with van der Waals surface area (Å²) in [5.74, 6) is 0.944. The minimum atomic E-state index is -0.107. The van der Waals surface area contributed by atoms with Crippen molar-refractivity contribution in [1.82, 2.24) is 9.88 Å². The Morgan fingerprint density at radius 2 is 1.94 bits per heavy atom. The molecule has 1 aromatic heterocycles. The third-order valence-corrected chi connectivity index (χ3v) is 3.47. The van der Waals surface area contributed by atoms with E-state index in [0.717, 1.165) is 0 Å². The predicted molar refractivity (Wildman–Crippen MR) is 77.1 cm³/mol. The van der Waals surface area contributed by atoms with Crippen LogP contribution in [0.5, 0.6) is 5.88 Å². The maximum atomic E-state index is 6.05. The minimum Gasteiger partial charge on any atom is -0.475 e. The Morgan fingerprint density at radius 3 is 2.44 bits per heavy atom. The van der Waals surface area contributed by atoms with Crippen LogP contribution in [-0.4, -0.2) is 43.2 Å². The molecule has 1 rings (SSSR count). The van der Waals surface area contributed by atoms with Crippen molar-refractivity contribution in [3.05, 3.63) is 16.1 Å². The average Bonchev–Trinajstić information content (AvgIpc) is 2.27. The van der Waals surface area contributed by atoms with Gasteiger partial charge >= 0.3 is 0 Å². The van der Waals surface area contributed by atoms with E-state index >= 15 is 0 Å². The van der Waals surface area contributed by atoms with Gasteiger partial charge in [0.25, 0.3) is 0 Å². The third-order valence-electron chi connectivity index (χ3n) is 2.91. The van der Waals surface area contributed by atoms with Crippen molar-refractivity contribution in [2.24, 2.45) is 0 Å². The van der Waals surface area contributed by atoms with Crippen molar-refractivity contribution in [1.29, 1.82) is 0 Å². The molecule has 0 aromatic carbocycles. The molecule has 0 radical (unpaired) electrons. The molecule has 0 bridgehead atoms. The fraction of sp³-hybridized carbons (Fsp3) is 0.583. The van der Waals surface area contributed by atoms with E-state index in [1.54, 1.807) is 13.1 Å². The molecule has 0 aliphatic rings. The first kappa shape index (κ1) is 15.3. The topological polar surface area (TPSA) is 37.4 Å². The zero-order chi connectivity index (χ0) is 13.9. The number of hydrogen-bond donors (Lipinski definition) is 1. The molecule has 0 amide bonds. The van der Waals surface area contributed by atoms with Crippen LogP contribution in [0.2, 0.25) is 10.0 Å². The van der Waals surface area contributed by atoms with Crippen LogP contribution in [0.1, 0.15) is 13.8 Å². The number of likely N-dealkylation sites (N-methyl/N-ethyl adjacent to an activating group) is 1. The molecule has 4 nitrogen and oxygen atoms in total. The zero-order valence-corrected chi connectivity index (χ0v) is 12.9. The Kier molecular flexibility index (Phi) is 5.08. The summed E-state index contributed by atoms with van der Waals surface area (Å²) in [4.78, 5) is 6.32. The van der Waals surface area contributed by atoms with Gasteiger partial charge < -0.3 is 15.0 Å². The lowest BCUT2D eigenvalue weighted by Crippen LogP contribution is -2.43. The van der Waals surface area contributed by atoms with Gasteiger partial charge in [0.05, 0.1) is 5.02 Å². The highest BCUT2D eigenvalue weighted by molar-refractivity contribution is 6.36. The smallest absolute Gasteiger partial charge is 0.234 e. The van der Waals surface area contributed by atoms with E-state index in [-0.39, 0.29) is 5.54 Å². The molecule has 0 spiro atoms. The van der Waals surface area contributed by atoms with Crippen LogP contribution >= 0.6 is 23.2 Å². The SMILES string of the molecule is CNc1nc(OCC(C)(C)N(C)C)c(Cl)cc1Cl. The summed E-state index contributed by atoms with van der Waals surface area (Å²) in [6.45, 7) is 4.64. The van der Waals surface area contributed by atoms with Crippen molar-refractivity contribution < 1.29 is 4.74 Å². The summed E-state index contributed by atoms with van der Waals surface area (Å²) in [6.07, 6.45) is 0. The first-order valence-electron chi connectivity index (χ1n) is 5.62. The number of rotatable bonds is 5. The van der Waals surface area contributed by atoms with Crippen LogP contribution in [0.25, 0.3) is 0 Å². The van der Waals surface area contributed by atoms with Crippen LogP contribution in [0.15, 0.2) is 6.07 Å². The second kappa shape index (κ2) is 5.95. The first-order chi connectivity index (χ1) is 8.27. The second-order valence-electron chi connectivity index (χ2n) is 4.85. The van der Waals surface area contributed by atoms with Gasteiger partial charge in [0, 0.05) is 12.6 Å². The summed E-state index contributed by atoms with van der Waals surface area (Å²) in [5.41, 5.74) is -0.107. The second-order valence-corrected chi connectivity index (χ2v) is 5.67. The van der Waals surface area contributed by atoms with Crippen LogP contribution < -0.4 is 10.1 Å². The van der Waals surface area contributed by atoms with Gasteiger partial charge in [0.1, 0.15) is 17.4 Å². The first-order valence-corrected chi connectivity index (χ1v) is 6.37. The predicted octanol–water partition coefficient (Wildman–Crippen LogP) is 3.15. The maximum absolute atomic E-state index is 6.05. The molecule has 1 N–H and O–H groups in total. The highest BCUT2D eigenvalue weighted by atomic mass is 35.5. The van der Waals surface area contributed by atoms with Gasteiger partial charge in [-0.05, 0) is 34.0 Å². The molecule has 0 unspecified atom stereocenters. The largest absolute Gasteiger partial charge is 0.475 e. The van der Waals surface area contributed by atoms with Crippen molar-refractivity contribution in [3.63, 3.8) is 0 Å². The van der Waals surface area contributed by atoms with Gasteiger partial charge in [-0.1, -0.05) is 23.2 Å². The molecular weight excluding hydrogens is 273 g/mol. The lowest BCUT2D eigenvalue weighted by atomic mass is 10.1. The van der Waals surface area contributed by atoms with E-state index in [1.165, 1.54) is 0 Å². The van der Waals surface area contributed by atoms with Gasteiger partial charge in [-0.2, -0.15) is 4.98 Å². The molecule has 18 heavy (non-hydrogen) atoms. The zero-order valence-electron chi connectivity index (χ0n) is 11.3. The summed E-state index contributed by atoms with van der Waals surface area (Å²) >= 11 is 12.0. The van der Waals surface area contributed by atoms with E-state index < -0.39 is 0 Å². The Hall–Kier alpha value is -0.710. The van der Waals surface area contributed by atoms with Gasteiger partial charge in [-0.25, -0.2) is 0 Å². The summed E-state index contributed by atoms with van der Waals surface area (Å²) < 4.78 is 5.68. The molecule has 6 heteroatoms. The van der Waals surface area contributed by atoms with Gasteiger partial charge in [0.2, 0.25) is 5.88 Å². The summed E-state index contributed by atoms with van der Waals surface area (Å²) in [5, 5.41) is 3.78. The number of hydrogen-bond acceptors (Lipinski definition) is 4. The van der Waals surface area contributed by atoms with E-state index in [1.807, 2.05) is 14.1 Å². The number of aromatic nitrogens is 1. The number of nitrogens with zero attached hydrogens (tertiary/aromatic N) is 2. The van der Waals surface area contributed by atoms with Crippen molar-refractivity contribution >= 4 is 29.0 Å². The van der Waals surface area contributed by atoms with Gasteiger partial charge in [-0.15, -0.1) is 0 Å². The Labute approximate surface area is 118 Å². The third kappa shape index (κ3) is 3.64. The molecule has 1 heterocycles. The average molecular weight is 292 g/mol. The quantitative estimate of drug-likeness (QED) is 0.904. The molecule has 0 aliphatic heterocycles. The maximum Gasteiger partial charge on any atom is 0.234 e. The van der Waals surface area contributed by atoms with Crippen LogP contribution in [0.4, 0.5) is 5.82 Å². The summed E-state index contributed by atoms with van der Waals surface area (Å²) in [6, 6.07) is 1.62. The molecule has 0 saturated carbocycles. The number of anilines is 1. The molecule has 1 aromatic rings. The molecule has 0 saturated heterocycles. The van der Waals surface area contributed by atoms with Crippen LogP contribution in [0.3, 0.4) is 0 Å². The molecule has 0 aliphatic carbocycles. The molecule has 102 valence electrons. The Bertz CT molecular complexity index is 422. The Balaban J connectivity index is 2.85. The molecule has 0 atom stereocenters. The number of pyridine rings is 1. The van der Waals surface area contributed by atoms with Crippen molar-refractivity contribution in [2.75, 3.05) is 33.1 Å². The monoisotopic (exact) mass is 291 g/mol. The van der Waals surface area contributed by atoms with E-state index in [0.29, 0.717) is 28.3 Å². The van der Waals surface area contributed by atoms with Gasteiger partial charge in [0.15, 0.2) is 0 Å². The fourth-order valence-corrected chi connectivity index (χ4v) is 1.61. The lowest BCUT2D eigenvalue weighted by molar-refractivity contribution is 0.111. The fourth-order valence-electron chi connectivity index (χ4n) is 1.10. The van der Waals surface area contributed by atoms with Crippen molar-refractivity contribution in [3.8, 4) is 5.88 Å². The lowest BCUT2D eigenvalue weighted by Gasteiger charge is -2.32.